The Bertz CT molecular complexity index is 491. The summed E-state index contributed by atoms with van der Waals surface area (Å²) in [6.07, 6.45) is 1.15. The van der Waals surface area contributed by atoms with Gasteiger partial charge in [0, 0.05) is 19.6 Å². The van der Waals surface area contributed by atoms with Crippen molar-refractivity contribution in [3.63, 3.8) is 0 Å². The van der Waals surface area contributed by atoms with E-state index in [-0.39, 0.29) is 11.2 Å². The SMILES string of the molecule is COc1ccc(CN(C)CC2(C)CCNC2)cc1OC(F)F. The van der Waals surface area contributed by atoms with Crippen LogP contribution in [0.3, 0.4) is 0 Å². The highest BCUT2D eigenvalue weighted by molar-refractivity contribution is 5.43. The van der Waals surface area contributed by atoms with Crippen LogP contribution in [0.15, 0.2) is 18.2 Å². The lowest BCUT2D eigenvalue weighted by Gasteiger charge is -2.29. The average Bonchev–Trinajstić information content (AvgIpc) is 2.84. The van der Waals surface area contributed by atoms with E-state index >= 15 is 0 Å². The molecule has 1 aliphatic heterocycles. The number of rotatable bonds is 7. The molecule has 1 aromatic carbocycles. The number of hydrogen-bond acceptors (Lipinski definition) is 4. The van der Waals surface area contributed by atoms with Crippen molar-refractivity contribution in [2.24, 2.45) is 5.41 Å². The van der Waals surface area contributed by atoms with Crippen molar-refractivity contribution in [2.45, 2.75) is 26.5 Å². The summed E-state index contributed by atoms with van der Waals surface area (Å²) in [5.74, 6) is 0.399. The van der Waals surface area contributed by atoms with E-state index in [0.717, 1.165) is 31.6 Å². The standard InChI is InChI=1S/C16H24F2N2O2/c1-16(6-7-19-10-16)11-20(2)9-12-4-5-13(21-3)14(8-12)22-15(17)18/h4-5,8,15,19H,6-7,9-11H2,1-3H3. The molecule has 0 bridgehead atoms. The number of halogens is 2. The van der Waals surface area contributed by atoms with Crippen LogP contribution in [-0.4, -0.2) is 45.3 Å². The molecule has 4 nitrogen and oxygen atoms in total. The van der Waals surface area contributed by atoms with Gasteiger partial charge in [-0.15, -0.1) is 0 Å². The zero-order valence-electron chi connectivity index (χ0n) is 13.4. The predicted octanol–water partition coefficient (Wildman–Crippen LogP) is 2.73. The van der Waals surface area contributed by atoms with Crippen LogP contribution in [-0.2, 0) is 6.54 Å². The topological polar surface area (TPSA) is 33.7 Å². The first-order valence-electron chi connectivity index (χ1n) is 7.43. The zero-order chi connectivity index (χ0) is 16.2. The number of nitrogens with zero attached hydrogens (tertiary/aromatic N) is 1. The Labute approximate surface area is 130 Å². The number of ether oxygens (including phenoxy) is 2. The fourth-order valence-electron chi connectivity index (χ4n) is 3.03. The van der Waals surface area contributed by atoms with Crippen molar-refractivity contribution >= 4 is 0 Å². The molecule has 1 heterocycles. The van der Waals surface area contributed by atoms with Crippen LogP contribution in [0.2, 0.25) is 0 Å². The summed E-state index contributed by atoms with van der Waals surface area (Å²) in [6.45, 7) is 3.11. The maximum atomic E-state index is 12.5. The number of nitrogens with one attached hydrogen (secondary N) is 1. The molecule has 1 N–H and O–H groups in total. The third-order valence-electron chi connectivity index (χ3n) is 4.01. The Morgan fingerprint density at radius 3 is 2.73 bits per heavy atom. The summed E-state index contributed by atoms with van der Waals surface area (Å²) in [5, 5.41) is 3.38. The molecule has 1 fully saturated rings. The molecular weight excluding hydrogens is 290 g/mol. The average molecular weight is 314 g/mol. The normalized spacial score (nSPS) is 21.6. The molecule has 0 saturated carbocycles. The lowest BCUT2D eigenvalue weighted by molar-refractivity contribution is -0.0512. The van der Waals surface area contributed by atoms with Gasteiger partial charge in [-0.25, -0.2) is 0 Å². The molecule has 0 aliphatic carbocycles. The maximum Gasteiger partial charge on any atom is 0.387 e. The van der Waals surface area contributed by atoms with Crippen LogP contribution in [0, 0.1) is 5.41 Å². The second kappa shape index (κ2) is 7.24. The fourth-order valence-corrected chi connectivity index (χ4v) is 3.03. The third-order valence-corrected chi connectivity index (χ3v) is 4.01. The summed E-state index contributed by atoms with van der Waals surface area (Å²) >= 11 is 0. The zero-order valence-corrected chi connectivity index (χ0v) is 13.4. The summed E-state index contributed by atoms with van der Waals surface area (Å²) < 4.78 is 34.5. The molecule has 0 radical (unpaired) electrons. The van der Waals surface area contributed by atoms with Crippen LogP contribution in [0.4, 0.5) is 8.78 Å². The van der Waals surface area contributed by atoms with Gasteiger partial charge < -0.3 is 19.7 Å². The van der Waals surface area contributed by atoms with Crippen molar-refractivity contribution in [1.82, 2.24) is 10.2 Å². The van der Waals surface area contributed by atoms with E-state index in [9.17, 15) is 8.78 Å². The lowest BCUT2D eigenvalue weighted by Crippen LogP contribution is -2.34. The molecule has 0 spiro atoms. The number of alkyl halides is 2. The van der Waals surface area contributed by atoms with Gasteiger partial charge in [0.15, 0.2) is 11.5 Å². The first-order valence-corrected chi connectivity index (χ1v) is 7.43. The van der Waals surface area contributed by atoms with E-state index in [1.54, 1.807) is 12.1 Å². The lowest BCUT2D eigenvalue weighted by atomic mass is 9.89. The maximum absolute atomic E-state index is 12.5. The highest BCUT2D eigenvalue weighted by atomic mass is 19.3. The molecule has 1 aliphatic rings. The van der Waals surface area contributed by atoms with E-state index in [0.29, 0.717) is 12.3 Å². The van der Waals surface area contributed by atoms with Gasteiger partial charge in [0.25, 0.3) is 0 Å². The first-order chi connectivity index (χ1) is 10.4. The molecule has 0 amide bonds. The number of hydrogen-bond donors (Lipinski definition) is 1. The Morgan fingerprint density at radius 2 is 2.14 bits per heavy atom. The third kappa shape index (κ3) is 4.55. The van der Waals surface area contributed by atoms with E-state index in [2.05, 4.69) is 21.9 Å². The molecular formula is C16H24F2N2O2. The Morgan fingerprint density at radius 1 is 1.36 bits per heavy atom. The van der Waals surface area contributed by atoms with Gasteiger partial charge in [-0.05, 0) is 43.1 Å². The quantitative estimate of drug-likeness (QED) is 0.839. The number of methoxy groups -OCH3 is 1. The Balaban J connectivity index is 2.02. The summed E-state index contributed by atoms with van der Waals surface area (Å²) in [5.41, 5.74) is 1.19. The minimum Gasteiger partial charge on any atom is -0.493 e. The molecule has 6 heteroatoms. The van der Waals surface area contributed by atoms with Crippen molar-refractivity contribution in [1.29, 1.82) is 0 Å². The monoisotopic (exact) mass is 314 g/mol. The largest absolute Gasteiger partial charge is 0.493 e. The highest BCUT2D eigenvalue weighted by Crippen LogP contribution is 2.30. The van der Waals surface area contributed by atoms with Gasteiger partial charge in [-0.1, -0.05) is 13.0 Å². The molecule has 0 aromatic heterocycles. The van der Waals surface area contributed by atoms with Crippen LogP contribution in [0.25, 0.3) is 0 Å². The summed E-state index contributed by atoms with van der Waals surface area (Å²) in [4.78, 5) is 2.21. The van der Waals surface area contributed by atoms with Crippen LogP contribution in [0.1, 0.15) is 18.9 Å². The van der Waals surface area contributed by atoms with Gasteiger partial charge in [0.05, 0.1) is 7.11 Å². The van der Waals surface area contributed by atoms with Crippen molar-refractivity contribution in [3.05, 3.63) is 23.8 Å². The smallest absolute Gasteiger partial charge is 0.387 e. The Hall–Kier alpha value is -1.40. The molecule has 2 rings (SSSR count). The first kappa shape index (κ1) is 17.0. The molecule has 1 atom stereocenters. The second-order valence-corrected chi connectivity index (χ2v) is 6.27. The van der Waals surface area contributed by atoms with Crippen LogP contribution < -0.4 is 14.8 Å². The molecule has 124 valence electrons. The molecule has 1 aromatic rings. The minimum atomic E-state index is -2.86. The summed E-state index contributed by atoms with van der Waals surface area (Å²) in [7, 11) is 3.48. The minimum absolute atomic E-state index is 0.0807. The fraction of sp³-hybridized carbons (Fsp3) is 0.625. The van der Waals surface area contributed by atoms with Crippen molar-refractivity contribution in [2.75, 3.05) is 33.8 Å². The van der Waals surface area contributed by atoms with Gasteiger partial charge in [0.1, 0.15) is 0 Å². The highest BCUT2D eigenvalue weighted by Gasteiger charge is 2.29. The van der Waals surface area contributed by atoms with Gasteiger partial charge in [0.2, 0.25) is 0 Å². The van der Waals surface area contributed by atoms with Crippen LogP contribution >= 0.6 is 0 Å². The molecule has 22 heavy (non-hydrogen) atoms. The van der Waals surface area contributed by atoms with Crippen LogP contribution in [0.5, 0.6) is 11.5 Å². The van der Waals surface area contributed by atoms with Gasteiger partial charge >= 0.3 is 6.61 Å². The van der Waals surface area contributed by atoms with E-state index < -0.39 is 6.61 Å². The van der Waals surface area contributed by atoms with Gasteiger partial charge in [-0.2, -0.15) is 8.78 Å². The molecule has 1 unspecified atom stereocenters. The Kier molecular flexibility index (Phi) is 5.58. The summed E-state index contributed by atoms with van der Waals surface area (Å²) in [6, 6.07) is 5.17. The predicted molar refractivity (Wildman–Crippen MR) is 81.6 cm³/mol. The van der Waals surface area contributed by atoms with Crippen molar-refractivity contribution in [3.8, 4) is 11.5 Å². The van der Waals surface area contributed by atoms with Gasteiger partial charge in [-0.3, -0.25) is 0 Å². The van der Waals surface area contributed by atoms with Crippen molar-refractivity contribution < 1.29 is 18.3 Å². The number of benzene rings is 1. The van der Waals surface area contributed by atoms with E-state index in [1.165, 1.54) is 7.11 Å². The van der Waals surface area contributed by atoms with E-state index in [4.69, 9.17) is 4.74 Å². The van der Waals surface area contributed by atoms with E-state index in [1.807, 2.05) is 13.1 Å². The second-order valence-electron chi connectivity index (χ2n) is 6.27. The molecule has 1 saturated heterocycles.